The van der Waals surface area contributed by atoms with Crippen LogP contribution in [0.15, 0.2) is 42.9 Å². The van der Waals surface area contributed by atoms with E-state index in [4.69, 9.17) is 10.8 Å². The van der Waals surface area contributed by atoms with Gasteiger partial charge in [0.15, 0.2) is 0 Å². The fourth-order valence-electron chi connectivity index (χ4n) is 5.20. The second kappa shape index (κ2) is 22.5. The van der Waals surface area contributed by atoms with Crippen LogP contribution in [-0.2, 0) is 51.2 Å². The third-order valence-corrected chi connectivity index (χ3v) is 8.45. The molecule has 56 heavy (non-hydrogen) atoms. The predicted octanol–water partition coefficient (Wildman–Crippen LogP) is -2.30. The molecule has 1 heterocycles. The van der Waals surface area contributed by atoms with E-state index in [1.54, 1.807) is 58.0 Å². The van der Waals surface area contributed by atoms with Gasteiger partial charge in [0.25, 0.3) is 0 Å². The standard InChI is InChI=1S/C36H53N9O11/c1-18(2)11-23(30(49)45-27(16-46)34(53)40-20(5)36(55)56)41-32(51)25(13-22-15-38-17-39-22)43-31(50)24(12-21-9-7-6-8-10-21)42-33(52)26(14-28(47)48)44-35(54)29(37)19(3)4/h6-10,15,17-20,23-27,29,46H,11-14,16,37H2,1-5H3,(H,38,39)(H,40,53)(H,41,51)(H,42,52)(H,43,50)(H,44,54)(H,45,49)(H,47,48)(H,55,56)/t20-,23-,24-,25-,26-,27-,29-/m0/s1. The molecule has 0 aliphatic rings. The molecule has 0 radical (unpaired) electrons. The third kappa shape index (κ3) is 15.5. The maximum atomic E-state index is 14.0. The van der Waals surface area contributed by atoms with Crippen molar-refractivity contribution < 1.29 is 53.7 Å². The number of carboxylic acid groups (broad SMARTS) is 2. The highest BCUT2D eigenvalue weighted by Gasteiger charge is 2.34. The lowest BCUT2D eigenvalue weighted by Gasteiger charge is -2.28. The van der Waals surface area contributed by atoms with Gasteiger partial charge in [0.05, 0.1) is 25.4 Å². The zero-order valence-electron chi connectivity index (χ0n) is 31.9. The van der Waals surface area contributed by atoms with Gasteiger partial charge in [0.1, 0.15) is 36.3 Å². The number of nitrogens with zero attached hydrogens (tertiary/aromatic N) is 1. The highest BCUT2D eigenvalue weighted by Crippen LogP contribution is 2.10. The number of carbonyl (C=O) groups excluding carboxylic acids is 6. The summed E-state index contributed by atoms with van der Waals surface area (Å²) in [6.45, 7) is 7.15. The van der Waals surface area contributed by atoms with Crippen molar-refractivity contribution in [3.8, 4) is 0 Å². The van der Waals surface area contributed by atoms with Gasteiger partial charge in [-0.05, 0) is 30.7 Å². The van der Waals surface area contributed by atoms with Gasteiger partial charge in [0.2, 0.25) is 35.4 Å². The van der Waals surface area contributed by atoms with Crippen molar-refractivity contribution in [2.45, 2.75) is 103 Å². The monoisotopic (exact) mass is 787 g/mol. The molecule has 0 unspecified atom stereocenters. The van der Waals surface area contributed by atoms with E-state index in [2.05, 4.69) is 41.9 Å². The Bertz CT molecular complexity index is 1650. The molecule has 0 fully saturated rings. The summed E-state index contributed by atoms with van der Waals surface area (Å²) in [5.74, 6) is -8.67. The number of hydrogen-bond acceptors (Lipinski definition) is 11. The lowest BCUT2D eigenvalue weighted by molar-refractivity contribution is -0.142. The van der Waals surface area contributed by atoms with Crippen LogP contribution < -0.4 is 37.6 Å². The molecule has 0 aliphatic carbocycles. The van der Waals surface area contributed by atoms with Gasteiger partial charge in [0, 0.05) is 24.7 Å². The average Bonchev–Trinajstić information content (AvgIpc) is 3.65. The summed E-state index contributed by atoms with van der Waals surface area (Å²) in [5, 5.41) is 43.0. The first-order valence-electron chi connectivity index (χ1n) is 18.0. The number of aliphatic hydroxyl groups is 1. The van der Waals surface area contributed by atoms with Crippen molar-refractivity contribution in [3.05, 3.63) is 54.1 Å². The summed E-state index contributed by atoms with van der Waals surface area (Å²) in [6.07, 6.45) is 1.64. The predicted molar refractivity (Wildman–Crippen MR) is 199 cm³/mol. The molecule has 0 saturated heterocycles. The first kappa shape index (κ1) is 46.3. The number of rotatable bonds is 23. The maximum Gasteiger partial charge on any atom is 0.325 e. The molecule has 0 saturated carbocycles. The molecule has 0 spiro atoms. The first-order chi connectivity index (χ1) is 26.3. The summed E-state index contributed by atoms with van der Waals surface area (Å²) >= 11 is 0. The maximum absolute atomic E-state index is 14.0. The molecule has 0 aliphatic heterocycles. The van der Waals surface area contributed by atoms with Crippen LogP contribution in [0.25, 0.3) is 0 Å². The van der Waals surface area contributed by atoms with E-state index in [1.807, 2.05) is 0 Å². The quantitative estimate of drug-likeness (QED) is 0.0566. The second-order valence-corrected chi connectivity index (χ2v) is 14.0. The minimum Gasteiger partial charge on any atom is -0.481 e. The van der Waals surface area contributed by atoms with Crippen molar-refractivity contribution >= 4 is 47.4 Å². The van der Waals surface area contributed by atoms with Gasteiger partial charge in [-0.15, -0.1) is 0 Å². The van der Waals surface area contributed by atoms with E-state index in [0.29, 0.717) is 11.3 Å². The number of carbonyl (C=O) groups is 8. The summed E-state index contributed by atoms with van der Waals surface area (Å²) in [5.41, 5.74) is 6.88. The number of aliphatic carboxylic acids is 2. The van der Waals surface area contributed by atoms with E-state index < -0.39 is 103 Å². The van der Waals surface area contributed by atoms with E-state index in [9.17, 15) is 48.6 Å². The second-order valence-electron chi connectivity index (χ2n) is 14.0. The van der Waals surface area contributed by atoms with Crippen LogP contribution in [0.4, 0.5) is 0 Å². The van der Waals surface area contributed by atoms with Gasteiger partial charge >= 0.3 is 11.9 Å². The molecule has 1 aromatic carbocycles. The van der Waals surface area contributed by atoms with Gasteiger partial charge in [-0.2, -0.15) is 0 Å². The summed E-state index contributed by atoms with van der Waals surface area (Å²) in [6, 6.07) is -1.22. The average molecular weight is 788 g/mol. The lowest BCUT2D eigenvalue weighted by atomic mass is 10.0. The normalized spacial score (nSPS) is 14.9. The number of aromatic amines is 1. The zero-order chi connectivity index (χ0) is 42.1. The smallest absolute Gasteiger partial charge is 0.325 e. The molecule has 7 atom stereocenters. The Morgan fingerprint density at radius 2 is 1.18 bits per heavy atom. The number of nitrogens with one attached hydrogen (secondary N) is 7. The van der Waals surface area contributed by atoms with Crippen LogP contribution >= 0.6 is 0 Å². The highest BCUT2D eigenvalue weighted by molar-refractivity contribution is 5.98. The number of imidazole rings is 1. The molecule has 6 amide bonds. The topological polar surface area (TPSA) is 324 Å². The third-order valence-electron chi connectivity index (χ3n) is 8.45. The number of benzene rings is 1. The van der Waals surface area contributed by atoms with Gasteiger partial charge in [-0.25, -0.2) is 4.98 Å². The number of nitrogens with two attached hydrogens (primary N) is 1. The van der Waals surface area contributed by atoms with Crippen LogP contribution in [0.1, 0.15) is 58.7 Å². The molecular formula is C36H53N9O11. The van der Waals surface area contributed by atoms with Crippen molar-refractivity contribution in [1.29, 1.82) is 0 Å². The number of H-pyrrole nitrogens is 1. The number of carboxylic acids is 2. The van der Waals surface area contributed by atoms with Crippen LogP contribution in [0.2, 0.25) is 0 Å². The molecule has 20 heteroatoms. The molecule has 20 nitrogen and oxygen atoms in total. The van der Waals surface area contributed by atoms with Crippen molar-refractivity contribution in [3.63, 3.8) is 0 Å². The Hall–Kier alpha value is -5.89. The van der Waals surface area contributed by atoms with Gasteiger partial charge < -0.3 is 57.9 Å². The Balaban J connectivity index is 2.41. The SMILES string of the molecule is CC(C)C[C@H](NC(=O)[C@H](Cc1cnc[nH]1)NC(=O)[C@H](Cc1ccccc1)NC(=O)[C@H](CC(=O)O)NC(=O)[C@@H](N)C(C)C)C(=O)N[C@@H](CO)C(=O)N[C@@H](C)C(=O)O. The van der Waals surface area contributed by atoms with Crippen molar-refractivity contribution in [2.24, 2.45) is 17.6 Å². The van der Waals surface area contributed by atoms with Crippen molar-refractivity contribution in [2.75, 3.05) is 6.61 Å². The zero-order valence-corrected chi connectivity index (χ0v) is 31.9. The molecule has 308 valence electrons. The Kier molecular flexibility index (Phi) is 18.6. The molecule has 2 rings (SSSR count). The summed E-state index contributed by atoms with van der Waals surface area (Å²) in [7, 11) is 0. The molecule has 12 N–H and O–H groups in total. The van der Waals surface area contributed by atoms with Crippen molar-refractivity contribution in [1.82, 2.24) is 41.9 Å². The summed E-state index contributed by atoms with van der Waals surface area (Å²) in [4.78, 5) is 110. The Morgan fingerprint density at radius 3 is 1.68 bits per heavy atom. The Labute approximate surface area is 323 Å². The van der Waals surface area contributed by atoms with Gasteiger partial charge in [-0.3, -0.25) is 38.4 Å². The lowest BCUT2D eigenvalue weighted by Crippen LogP contribution is -2.61. The minimum atomic E-state index is -1.62. The Morgan fingerprint density at radius 1 is 0.679 bits per heavy atom. The van der Waals surface area contributed by atoms with E-state index >= 15 is 0 Å². The number of aromatic nitrogens is 2. The minimum absolute atomic E-state index is 0.0391. The van der Waals surface area contributed by atoms with Crippen LogP contribution in [0.3, 0.4) is 0 Å². The number of amides is 6. The summed E-state index contributed by atoms with van der Waals surface area (Å²) < 4.78 is 0. The van der Waals surface area contributed by atoms with E-state index in [-0.39, 0.29) is 31.1 Å². The van der Waals surface area contributed by atoms with E-state index in [0.717, 1.165) is 0 Å². The molecule has 0 bridgehead atoms. The van der Waals surface area contributed by atoms with Crippen LogP contribution in [0, 0.1) is 11.8 Å². The van der Waals surface area contributed by atoms with Crippen LogP contribution in [-0.4, -0.2) is 122 Å². The van der Waals surface area contributed by atoms with E-state index in [1.165, 1.54) is 19.4 Å². The number of aliphatic hydroxyl groups excluding tert-OH is 1. The fourth-order valence-corrected chi connectivity index (χ4v) is 5.20. The first-order valence-corrected chi connectivity index (χ1v) is 18.0. The van der Waals surface area contributed by atoms with Gasteiger partial charge in [-0.1, -0.05) is 58.0 Å². The largest absolute Gasteiger partial charge is 0.481 e. The number of hydrogen-bond donors (Lipinski definition) is 11. The molecular weight excluding hydrogens is 734 g/mol. The highest BCUT2D eigenvalue weighted by atomic mass is 16.4. The fraction of sp³-hybridized carbons (Fsp3) is 0.528. The molecule has 2 aromatic rings. The van der Waals surface area contributed by atoms with Crippen LogP contribution in [0.5, 0.6) is 0 Å². The molecule has 1 aromatic heterocycles.